The molecule has 2 aromatic rings. The van der Waals surface area contributed by atoms with Crippen LogP contribution in [-0.2, 0) is 24.2 Å². The Balaban J connectivity index is 1.44. The molecule has 0 saturated carbocycles. The van der Waals surface area contributed by atoms with Crippen LogP contribution in [0.25, 0.3) is 0 Å². The van der Waals surface area contributed by atoms with Gasteiger partial charge in [0.2, 0.25) is 0 Å². The lowest BCUT2D eigenvalue weighted by molar-refractivity contribution is 0.122. The molecule has 1 saturated heterocycles. The Morgan fingerprint density at radius 3 is 2.92 bits per heavy atom. The molecule has 4 rings (SSSR count). The molecule has 25 heavy (non-hydrogen) atoms. The number of fused-ring (bicyclic) bond motifs is 1. The van der Waals surface area contributed by atoms with Crippen molar-refractivity contribution in [3.63, 3.8) is 0 Å². The van der Waals surface area contributed by atoms with Crippen molar-refractivity contribution in [2.45, 2.75) is 24.7 Å². The van der Waals surface area contributed by atoms with Crippen molar-refractivity contribution in [2.24, 2.45) is 0 Å². The number of hydrogen-bond acceptors (Lipinski definition) is 8. The number of thioether (sulfide) groups is 1. The molecule has 9 heteroatoms. The summed E-state index contributed by atoms with van der Waals surface area (Å²) in [5.41, 5.74) is 2.40. The van der Waals surface area contributed by atoms with E-state index in [9.17, 15) is 0 Å². The number of aromatic nitrogens is 3. The topological polar surface area (TPSA) is 54.4 Å². The molecular formula is C16H20ClN5OS2. The fourth-order valence-corrected chi connectivity index (χ4v) is 4.81. The summed E-state index contributed by atoms with van der Waals surface area (Å²) in [6.07, 6.45) is 4.93. The molecular weight excluding hydrogens is 378 g/mol. The summed E-state index contributed by atoms with van der Waals surface area (Å²) in [6.45, 7) is 5.96. The molecule has 0 spiro atoms. The van der Waals surface area contributed by atoms with E-state index in [-0.39, 0.29) is 0 Å². The molecule has 2 aliphatic heterocycles. The van der Waals surface area contributed by atoms with Crippen LogP contribution in [0, 0.1) is 0 Å². The minimum atomic E-state index is 0.631. The maximum atomic E-state index is 6.41. The highest BCUT2D eigenvalue weighted by atomic mass is 35.5. The number of anilines is 1. The molecule has 2 aromatic heterocycles. The molecule has 0 N–H and O–H groups in total. The summed E-state index contributed by atoms with van der Waals surface area (Å²) in [4.78, 5) is 19.4. The van der Waals surface area contributed by atoms with Gasteiger partial charge in [0.15, 0.2) is 10.3 Å². The van der Waals surface area contributed by atoms with Crippen molar-refractivity contribution in [3.05, 3.63) is 27.5 Å². The van der Waals surface area contributed by atoms with Crippen molar-refractivity contribution in [2.75, 3.05) is 44.0 Å². The average Bonchev–Trinajstić information content (AvgIpc) is 3.02. The lowest BCUT2D eigenvalue weighted by Gasteiger charge is -2.27. The quantitative estimate of drug-likeness (QED) is 0.580. The van der Waals surface area contributed by atoms with Crippen LogP contribution in [0.15, 0.2) is 11.4 Å². The second-order valence-electron chi connectivity index (χ2n) is 6.10. The Hall–Kier alpha value is -0.930. The fourth-order valence-electron chi connectivity index (χ4n) is 3.10. The molecule has 0 bridgehead atoms. The fraction of sp³-hybridized carbons (Fsp3) is 0.562. The highest BCUT2D eigenvalue weighted by Gasteiger charge is 2.22. The first-order chi connectivity index (χ1) is 12.2. The minimum absolute atomic E-state index is 0.631. The van der Waals surface area contributed by atoms with Crippen LogP contribution in [0.2, 0.25) is 5.15 Å². The molecule has 0 aromatic carbocycles. The number of thiazole rings is 1. The number of nitrogens with zero attached hydrogens (tertiary/aromatic N) is 5. The van der Waals surface area contributed by atoms with Gasteiger partial charge in [-0.05, 0) is 6.26 Å². The Labute approximate surface area is 160 Å². The van der Waals surface area contributed by atoms with Crippen molar-refractivity contribution in [1.29, 1.82) is 0 Å². The van der Waals surface area contributed by atoms with Gasteiger partial charge in [-0.15, -0.1) is 0 Å². The van der Waals surface area contributed by atoms with Crippen molar-refractivity contribution in [1.82, 2.24) is 19.9 Å². The van der Waals surface area contributed by atoms with E-state index in [1.54, 1.807) is 23.1 Å². The van der Waals surface area contributed by atoms with E-state index in [0.29, 0.717) is 5.15 Å². The predicted octanol–water partition coefficient (Wildman–Crippen LogP) is 2.70. The molecule has 4 heterocycles. The molecule has 0 radical (unpaired) electrons. The first-order valence-electron chi connectivity index (χ1n) is 8.32. The van der Waals surface area contributed by atoms with Crippen LogP contribution in [0.5, 0.6) is 0 Å². The van der Waals surface area contributed by atoms with E-state index in [1.807, 2.05) is 12.5 Å². The van der Waals surface area contributed by atoms with Crippen LogP contribution in [-0.4, -0.2) is 59.0 Å². The van der Waals surface area contributed by atoms with Crippen LogP contribution in [0.4, 0.5) is 5.13 Å². The Morgan fingerprint density at radius 2 is 2.12 bits per heavy atom. The lowest BCUT2D eigenvalue weighted by atomic mass is 10.1. The zero-order valence-electron chi connectivity index (χ0n) is 14.1. The number of ether oxygens (including phenoxy) is 1. The SMILES string of the molecule is CSc1ncc2c(n1)CCN(Cc1sc(N3CCOCC3)nc1Cl)C2. The summed E-state index contributed by atoms with van der Waals surface area (Å²) in [5, 5.41) is 2.49. The third-order valence-electron chi connectivity index (χ3n) is 4.46. The molecule has 2 aliphatic rings. The van der Waals surface area contributed by atoms with Gasteiger partial charge in [-0.3, -0.25) is 4.90 Å². The normalized spacial score (nSPS) is 18.4. The molecule has 6 nitrogen and oxygen atoms in total. The van der Waals surface area contributed by atoms with Crippen LogP contribution in [0.1, 0.15) is 16.1 Å². The number of rotatable bonds is 4. The van der Waals surface area contributed by atoms with Crippen LogP contribution in [0.3, 0.4) is 0 Å². The first-order valence-corrected chi connectivity index (χ1v) is 10.7. The van der Waals surface area contributed by atoms with Gasteiger partial charge >= 0.3 is 0 Å². The van der Waals surface area contributed by atoms with E-state index in [0.717, 1.165) is 67.5 Å². The van der Waals surface area contributed by atoms with Gasteiger partial charge in [0.25, 0.3) is 0 Å². The van der Waals surface area contributed by atoms with E-state index >= 15 is 0 Å². The largest absolute Gasteiger partial charge is 0.378 e. The van der Waals surface area contributed by atoms with E-state index < -0.39 is 0 Å². The third kappa shape index (κ3) is 3.93. The molecule has 134 valence electrons. The summed E-state index contributed by atoms with van der Waals surface area (Å²) >= 11 is 9.70. The Bertz CT molecular complexity index is 750. The van der Waals surface area contributed by atoms with Gasteiger partial charge < -0.3 is 9.64 Å². The standard InChI is InChI=1S/C16H20ClN5OS2/c1-24-15-18-8-11-9-21(3-2-12(11)19-15)10-13-14(17)20-16(25-13)22-4-6-23-7-5-22/h8H,2-7,9-10H2,1H3. The molecule has 0 aliphatic carbocycles. The van der Waals surface area contributed by atoms with Gasteiger partial charge in [0.1, 0.15) is 5.15 Å². The Morgan fingerprint density at radius 1 is 1.28 bits per heavy atom. The van der Waals surface area contributed by atoms with Crippen LogP contribution >= 0.6 is 34.7 Å². The van der Waals surface area contributed by atoms with E-state index in [4.69, 9.17) is 16.3 Å². The van der Waals surface area contributed by atoms with Gasteiger partial charge in [-0.1, -0.05) is 34.7 Å². The van der Waals surface area contributed by atoms with Crippen molar-refractivity contribution in [3.8, 4) is 0 Å². The highest BCUT2D eigenvalue weighted by molar-refractivity contribution is 7.98. The number of morpholine rings is 1. The molecule has 0 amide bonds. The predicted molar refractivity (Wildman–Crippen MR) is 102 cm³/mol. The average molecular weight is 398 g/mol. The van der Waals surface area contributed by atoms with Crippen molar-refractivity contribution < 1.29 is 4.74 Å². The van der Waals surface area contributed by atoms with Crippen molar-refractivity contribution >= 4 is 39.8 Å². The molecule has 0 unspecified atom stereocenters. The zero-order chi connectivity index (χ0) is 17.2. The minimum Gasteiger partial charge on any atom is -0.378 e. The van der Waals surface area contributed by atoms with Gasteiger partial charge in [0.05, 0.1) is 23.8 Å². The smallest absolute Gasteiger partial charge is 0.187 e. The summed E-state index contributed by atoms with van der Waals surface area (Å²) in [6, 6.07) is 0. The summed E-state index contributed by atoms with van der Waals surface area (Å²) < 4.78 is 5.41. The lowest BCUT2D eigenvalue weighted by Crippen LogP contribution is -2.36. The third-order valence-corrected chi connectivity index (χ3v) is 6.55. The first kappa shape index (κ1) is 17.5. The molecule has 0 atom stereocenters. The summed E-state index contributed by atoms with van der Waals surface area (Å²) in [7, 11) is 0. The van der Waals surface area contributed by atoms with Crippen LogP contribution < -0.4 is 4.90 Å². The zero-order valence-corrected chi connectivity index (χ0v) is 16.5. The van der Waals surface area contributed by atoms with E-state index in [1.165, 1.54) is 11.3 Å². The second kappa shape index (κ2) is 7.75. The van der Waals surface area contributed by atoms with Gasteiger partial charge in [-0.2, -0.15) is 0 Å². The number of halogens is 1. The molecule has 1 fully saturated rings. The van der Waals surface area contributed by atoms with Gasteiger partial charge in [0, 0.05) is 50.9 Å². The van der Waals surface area contributed by atoms with Gasteiger partial charge in [-0.25, -0.2) is 15.0 Å². The summed E-state index contributed by atoms with van der Waals surface area (Å²) in [5.74, 6) is 0. The monoisotopic (exact) mass is 397 g/mol. The highest BCUT2D eigenvalue weighted by Crippen LogP contribution is 2.32. The maximum Gasteiger partial charge on any atom is 0.187 e. The maximum absolute atomic E-state index is 6.41. The number of hydrogen-bond donors (Lipinski definition) is 0. The Kier molecular flexibility index (Phi) is 5.42. The second-order valence-corrected chi connectivity index (χ2v) is 8.29. The van der Waals surface area contributed by atoms with E-state index in [2.05, 4.69) is 24.8 Å².